The number of rotatable bonds is 3. The fourth-order valence-electron chi connectivity index (χ4n) is 1.24. The first-order valence-corrected chi connectivity index (χ1v) is 5.07. The summed E-state index contributed by atoms with van der Waals surface area (Å²) in [5.74, 6) is -0.512. The molecule has 0 aliphatic heterocycles. The van der Waals surface area contributed by atoms with Crippen LogP contribution >= 0.6 is 23.2 Å². The summed E-state index contributed by atoms with van der Waals surface area (Å²) in [6, 6.07) is 4.33. The molecule has 0 fully saturated rings. The second kappa shape index (κ2) is 5.32. The van der Waals surface area contributed by atoms with Crippen molar-refractivity contribution in [2.75, 3.05) is 6.54 Å². The van der Waals surface area contributed by atoms with Crippen LogP contribution in [0.1, 0.15) is 18.5 Å². The van der Waals surface area contributed by atoms with E-state index in [1.165, 1.54) is 12.1 Å². The molecule has 1 aromatic rings. The fourth-order valence-corrected chi connectivity index (χ4v) is 1.94. The Morgan fingerprint density at radius 3 is 2.80 bits per heavy atom. The summed E-state index contributed by atoms with van der Waals surface area (Å²) in [7, 11) is 0. The first-order chi connectivity index (χ1) is 7.07. The minimum absolute atomic E-state index is 0.000407. The molecule has 1 N–H and O–H groups in total. The number of hydrogen-bond donors (Lipinski definition) is 1. The van der Waals surface area contributed by atoms with Crippen LogP contribution in [0.15, 0.2) is 12.1 Å². The zero-order valence-corrected chi connectivity index (χ0v) is 9.53. The van der Waals surface area contributed by atoms with Gasteiger partial charge in [-0.15, -0.1) is 0 Å². The molecule has 0 aromatic heterocycles. The molecule has 1 rings (SSSR count). The van der Waals surface area contributed by atoms with Gasteiger partial charge in [0.2, 0.25) is 0 Å². The average Bonchev–Trinajstić information content (AvgIpc) is 2.21. The molecule has 0 aliphatic carbocycles. The molecule has 0 aliphatic rings. The van der Waals surface area contributed by atoms with Gasteiger partial charge in [-0.05, 0) is 19.1 Å². The summed E-state index contributed by atoms with van der Waals surface area (Å²) in [6.07, 6.45) is 0. The predicted molar refractivity (Wildman–Crippen MR) is 58.5 cm³/mol. The predicted octanol–water partition coefficient (Wildman–Crippen LogP) is 3.31. The molecule has 0 heterocycles. The van der Waals surface area contributed by atoms with Crippen molar-refractivity contribution in [3.05, 3.63) is 33.6 Å². The molecule has 0 amide bonds. The van der Waals surface area contributed by atoms with Gasteiger partial charge in [-0.3, -0.25) is 5.32 Å². The highest BCUT2D eigenvalue weighted by Crippen LogP contribution is 2.32. The molecule has 0 spiro atoms. The van der Waals surface area contributed by atoms with Gasteiger partial charge < -0.3 is 0 Å². The molecule has 1 unspecified atom stereocenters. The first kappa shape index (κ1) is 12.3. The summed E-state index contributed by atoms with van der Waals surface area (Å²) in [4.78, 5) is 0. The average molecular weight is 247 g/mol. The normalized spacial score (nSPS) is 12.2. The van der Waals surface area contributed by atoms with Gasteiger partial charge in [0.05, 0.1) is 17.6 Å². The molecular formula is C10H9Cl2FN2. The summed E-state index contributed by atoms with van der Waals surface area (Å²) in [5.41, 5.74) is 0.480. The van der Waals surface area contributed by atoms with Crippen molar-refractivity contribution in [1.82, 2.24) is 5.32 Å². The second-order valence-electron chi connectivity index (χ2n) is 3.02. The van der Waals surface area contributed by atoms with E-state index in [4.69, 9.17) is 28.5 Å². The molecule has 0 bridgehead atoms. The lowest BCUT2D eigenvalue weighted by atomic mass is 10.1. The number of nitrogens with zero attached hydrogens (tertiary/aromatic N) is 1. The highest BCUT2D eigenvalue weighted by atomic mass is 35.5. The summed E-state index contributed by atoms with van der Waals surface area (Å²) in [5, 5.41) is 11.7. The van der Waals surface area contributed by atoms with Crippen LogP contribution in [0.2, 0.25) is 10.0 Å². The van der Waals surface area contributed by atoms with Crippen LogP contribution in [-0.4, -0.2) is 6.54 Å². The Labute approximate surface area is 97.6 Å². The maximum absolute atomic E-state index is 13.2. The van der Waals surface area contributed by atoms with E-state index in [0.717, 1.165) is 0 Å². The van der Waals surface area contributed by atoms with Gasteiger partial charge >= 0.3 is 0 Å². The quantitative estimate of drug-likeness (QED) is 0.657. The lowest BCUT2D eigenvalue weighted by molar-refractivity contribution is 0.597. The highest BCUT2D eigenvalue weighted by Gasteiger charge is 2.16. The van der Waals surface area contributed by atoms with E-state index in [1.54, 1.807) is 6.92 Å². The Kier molecular flexibility index (Phi) is 4.34. The standard InChI is InChI=1S/C10H9Cl2FN2/c1-6(15-5-4-14)9-7(11)2-3-8(13)10(9)12/h2-3,6,15H,5H2,1H3. The van der Waals surface area contributed by atoms with E-state index in [0.29, 0.717) is 10.6 Å². The van der Waals surface area contributed by atoms with Crippen molar-refractivity contribution in [3.63, 3.8) is 0 Å². The molecule has 15 heavy (non-hydrogen) atoms. The Bertz CT molecular complexity index is 401. The summed E-state index contributed by atoms with van der Waals surface area (Å²) < 4.78 is 13.2. The fraction of sp³-hybridized carbons (Fsp3) is 0.300. The Hall–Kier alpha value is -0.820. The van der Waals surface area contributed by atoms with Crippen LogP contribution in [-0.2, 0) is 0 Å². The number of nitriles is 1. The van der Waals surface area contributed by atoms with E-state index in [-0.39, 0.29) is 17.6 Å². The van der Waals surface area contributed by atoms with Crippen LogP contribution in [0.4, 0.5) is 4.39 Å². The van der Waals surface area contributed by atoms with Gasteiger partial charge in [-0.2, -0.15) is 5.26 Å². The number of hydrogen-bond acceptors (Lipinski definition) is 2. The van der Waals surface area contributed by atoms with Crippen molar-refractivity contribution >= 4 is 23.2 Å². The lowest BCUT2D eigenvalue weighted by Crippen LogP contribution is -2.19. The van der Waals surface area contributed by atoms with Gasteiger partial charge in [0.1, 0.15) is 5.82 Å². The topological polar surface area (TPSA) is 35.8 Å². The van der Waals surface area contributed by atoms with E-state index < -0.39 is 5.82 Å². The van der Waals surface area contributed by atoms with E-state index in [2.05, 4.69) is 5.32 Å². The van der Waals surface area contributed by atoms with Crippen LogP contribution in [0, 0.1) is 17.1 Å². The van der Waals surface area contributed by atoms with Gasteiger partial charge in [-0.25, -0.2) is 4.39 Å². The molecule has 5 heteroatoms. The Balaban J connectivity index is 3.02. The van der Waals surface area contributed by atoms with Crippen molar-refractivity contribution in [1.29, 1.82) is 5.26 Å². The van der Waals surface area contributed by atoms with Crippen LogP contribution in [0.5, 0.6) is 0 Å². The highest BCUT2D eigenvalue weighted by molar-refractivity contribution is 6.36. The van der Waals surface area contributed by atoms with Crippen molar-refractivity contribution < 1.29 is 4.39 Å². The second-order valence-corrected chi connectivity index (χ2v) is 3.80. The molecule has 1 aromatic carbocycles. The SMILES string of the molecule is CC(NCC#N)c1c(Cl)ccc(F)c1Cl. The minimum atomic E-state index is -0.512. The van der Waals surface area contributed by atoms with Crippen LogP contribution < -0.4 is 5.32 Å². The van der Waals surface area contributed by atoms with E-state index >= 15 is 0 Å². The van der Waals surface area contributed by atoms with Gasteiger partial charge in [0.25, 0.3) is 0 Å². The third-order valence-corrected chi connectivity index (χ3v) is 2.71. The smallest absolute Gasteiger partial charge is 0.142 e. The van der Waals surface area contributed by atoms with Crippen molar-refractivity contribution in [2.24, 2.45) is 0 Å². The number of halogens is 3. The van der Waals surface area contributed by atoms with Crippen molar-refractivity contribution in [2.45, 2.75) is 13.0 Å². The van der Waals surface area contributed by atoms with Crippen LogP contribution in [0.25, 0.3) is 0 Å². The maximum atomic E-state index is 13.2. The molecule has 0 radical (unpaired) electrons. The van der Waals surface area contributed by atoms with Crippen LogP contribution in [0.3, 0.4) is 0 Å². The molecule has 0 saturated heterocycles. The molecule has 80 valence electrons. The monoisotopic (exact) mass is 246 g/mol. The first-order valence-electron chi connectivity index (χ1n) is 4.31. The van der Waals surface area contributed by atoms with E-state index in [1.807, 2.05) is 6.07 Å². The Morgan fingerprint density at radius 2 is 2.20 bits per heavy atom. The van der Waals surface area contributed by atoms with Crippen molar-refractivity contribution in [3.8, 4) is 6.07 Å². The summed E-state index contributed by atoms with van der Waals surface area (Å²) >= 11 is 11.7. The van der Waals surface area contributed by atoms with Gasteiger partial charge in [0.15, 0.2) is 0 Å². The van der Waals surface area contributed by atoms with Gasteiger partial charge in [0, 0.05) is 16.6 Å². The number of benzene rings is 1. The largest absolute Gasteiger partial charge is 0.298 e. The minimum Gasteiger partial charge on any atom is -0.298 e. The molecule has 0 saturated carbocycles. The zero-order valence-electron chi connectivity index (χ0n) is 8.02. The van der Waals surface area contributed by atoms with Gasteiger partial charge in [-0.1, -0.05) is 23.2 Å². The third kappa shape index (κ3) is 2.82. The summed E-state index contributed by atoms with van der Waals surface area (Å²) in [6.45, 7) is 1.92. The number of nitrogens with one attached hydrogen (secondary N) is 1. The molecule has 1 atom stereocenters. The zero-order chi connectivity index (χ0) is 11.4. The molecule has 2 nitrogen and oxygen atoms in total. The van der Waals surface area contributed by atoms with E-state index in [9.17, 15) is 4.39 Å². The third-order valence-electron chi connectivity index (χ3n) is 2.00. The maximum Gasteiger partial charge on any atom is 0.142 e. The molecular weight excluding hydrogens is 238 g/mol. The lowest BCUT2D eigenvalue weighted by Gasteiger charge is -2.15. The Morgan fingerprint density at radius 1 is 1.53 bits per heavy atom.